The molecule has 1 fully saturated rings. The molecule has 0 aromatic heterocycles. The lowest BCUT2D eigenvalue weighted by Crippen LogP contribution is -2.71. The van der Waals surface area contributed by atoms with Crippen molar-refractivity contribution in [3.8, 4) is 0 Å². The zero-order valence-corrected chi connectivity index (χ0v) is 16.9. The molecular formula is C18H19N3O5S2. The summed E-state index contributed by atoms with van der Waals surface area (Å²) in [6.07, 6.45) is 1.88. The highest BCUT2D eigenvalue weighted by atomic mass is 32.2. The SMILES string of the molecule is CON=C(C(=O)N[C@@H]1C(=O)N2C(C(=O)O)=C(CSC)CS[C@H]12)c1ccccc1. The Morgan fingerprint density at radius 2 is 2.11 bits per heavy atom. The van der Waals surface area contributed by atoms with Crippen molar-refractivity contribution < 1.29 is 24.3 Å². The van der Waals surface area contributed by atoms with E-state index >= 15 is 0 Å². The van der Waals surface area contributed by atoms with Crippen molar-refractivity contribution in [2.75, 3.05) is 24.9 Å². The summed E-state index contributed by atoms with van der Waals surface area (Å²) in [7, 11) is 1.33. The number of thioether (sulfide) groups is 2. The van der Waals surface area contributed by atoms with E-state index in [4.69, 9.17) is 4.84 Å². The van der Waals surface area contributed by atoms with E-state index in [1.807, 2.05) is 12.3 Å². The molecule has 0 unspecified atom stereocenters. The number of amides is 2. The van der Waals surface area contributed by atoms with Gasteiger partial charge in [0.25, 0.3) is 11.8 Å². The number of benzene rings is 1. The molecule has 8 nitrogen and oxygen atoms in total. The average molecular weight is 422 g/mol. The van der Waals surface area contributed by atoms with Gasteiger partial charge < -0.3 is 15.3 Å². The lowest BCUT2D eigenvalue weighted by molar-refractivity contribution is -0.150. The zero-order chi connectivity index (χ0) is 20.3. The first-order chi connectivity index (χ1) is 13.5. The summed E-state index contributed by atoms with van der Waals surface area (Å²) in [5, 5.41) is 15.6. The number of carboxylic acids is 1. The molecule has 2 aliphatic rings. The molecule has 2 amide bonds. The average Bonchev–Trinajstić information content (AvgIpc) is 2.70. The Balaban J connectivity index is 1.79. The number of oxime groups is 1. The molecule has 148 valence electrons. The van der Waals surface area contributed by atoms with Crippen molar-refractivity contribution in [2.45, 2.75) is 11.4 Å². The fourth-order valence-corrected chi connectivity index (χ4v) is 5.15. The van der Waals surface area contributed by atoms with Crippen LogP contribution in [-0.4, -0.2) is 69.8 Å². The maximum absolute atomic E-state index is 12.7. The Bertz CT molecular complexity index is 856. The molecule has 1 aromatic carbocycles. The zero-order valence-electron chi connectivity index (χ0n) is 15.2. The van der Waals surface area contributed by atoms with Gasteiger partial charge in [0, 0.05) is 17.1 Å². The van der Waals surface area contributed by atoms with E-state index in [0.717, 1.165) is 0 Å². The van der Waals surface area contributed by atoms with Crippen molar-refractivity contribution in [2.24, 2.45) is 5.16 Å². The van der Waals surface area contributed by atoms with Gasteiger partial charge >= 0.3 is 5.97 Å². The fourth-order valence-electron chi connectivity index (χ4n) is 3.09. The van der Waals surface area contributed by atoms with Gasteiger partial charge in [-0.15, -0.1) is 11.8 Å². The molecule has 1 aromatic rings. The summed E-state index contributed by atoms with van der Waals surface area (Å²) in [6, 6.07) is 7.94. The highest BCUT2D eigenvalue weighted by Gasteiger charge is 2.54. The lowest BCUT2D eigenvalue weighted by Gasteiger charge is -2.49. The molecule has 2 N–H and O–H groups in total. The van der Waals surface area contributed by atoms with E-state index < -0.39 is 29.2 Å². The first kappa shape index (κ1) is 20.3. The van der Waals surface area contributed by atoms with Crippen molar-refractivity contribution in [1.82, 2.24) is 10.2 Å². The van der Waals surface area contributed by atoms with Crippen molar-refractivity contribution in [1.29, 1.82) is 0 Å². The number of hydrogen-bond donors (Lipinski definition) is 2. The third-order valence-corrected chi connectivity index (χ3v) is 6.28. The molecule has 28 heavy (non-hydrogen) atoms. The number of hydrogen-bond acceptors (Lipinski definition) is 7. The predicted octanol–water partition coefficient (Wildman–Crippen LogP) is 1.14. The number of nitrogens with zero attached hydrogens (tertiary/aromatic N) is 2. The molecule has 2 aliphatic heterocycles. The van der Waals surface area contributed by atoms with Crippen LogP contribution < -0.4 is 5.32 Å². The van der Waals surface area contributed by atoms with Crippen molar-refractivity contribution in [3.05, 3.63) is 47.2 Å². The Kier molecular flexibility index (Phi) is 6.30. The molecule has 0 saturated carbocycles. The van der Waals surface area contributed by atoms with Gasteiger partial charge in [0.15, 0.2) is 5.71 Å². The van der Waals surface area contributed by atoms with E-state index in [9.17, 15) is 19.5 Å². The van der Waals surface area contributed by atoms with E-state index in [1.54, 1.807) is 24.3 Å². The first-order valence-electron chi connectivity index (χ1n) is 8.36. The monoisotopic (exact) mass is 421 g/mol. The molecule has 0 radical (unpaired) electrons. The molecular weight excluding hydrogens is 402 g/mol. The second-order valence-corrected chi connectivity index (χ2v) is 8.01. The molecule has 3 rings (SSSR count). The van der Waals surface area contributed by atoms with Crippen LogP contribution in [0.3, 0.4) is 0 Å². The first-order valence-corrected chi connectivity index (χ1v) is 10.8. The minimum atomic E-state index is -1.13. The third kappa shape index (κ3) is 3.74. The molecule has 2 heterocycles. The van der Waals surface area contributed by atoms with E-state index in [1.165, 1.54) is 35.5 Å². The van der Waals surface area contributed by atoms with Gasteiger partial charge in [0.2, 0.25) is 0 Å². The highest BCUT2D eigenvalue weighted by molar-refractivity contribution is 8.00. The number of aliphatic carboxylic acids is 1. The topological polar surface area (TPSA) is 108 Å². The molecule has 0 bridgehead atoms. The summed E-state index contributed by atoms with van der Waals surface area (Å²) in [6.45, 7) is 0. The Morgan fingerprint density at radius 3 is 2.71 bits per heavy atom. The van der Waals surface area contributed by atoms with Gasteiger partial charge in [-0.1, -0.05) is 35.5 Å². The van der Waals surface area contributed by atoms with Crippen LogP contribution in [0.25, 0.3) is 0 Å². The van der Waals surface area contributed by atoms with Gasteiger partial charge in [-0.2, -0.15) is 11.8 Å². The molecule has 0 spiro atoms. The van der Waals surface area contributed by atoms with Crippen LogP contribution in [0.2, 0.25) is 0 Å². The number of carbonyl (C=O) groups is 3. The van der Waals surface area contributed by atoms with Crippen molar-refractivity contribution >= 4 is 47.0 Å². The molecule has 10 heteroatoms. The summed E-state index contributed by atoms with van der Waals surface area (Å²) in [5.41, 5.74) is 1.34. The number of nitrogens with one attached hydrogen (secondary N) is 1. The number of carboxylic acid groups (broad SMARTS) is 1. The minimum Gasteiger partial charge on any atom is -0.477 e. The van der Waals surface area contributed by atoms with Crippen LogP contribution >= 0.6 is 23.5 Å². The van der Waals surface area contributed by atoms with Crippen LogP contribution in [0.4, 0.5) is 0 Å². The number of rotatable bonds is 7. The maximum atomic E-state index is 12.7. The quantitative estimate of drug-likeness (QED) is 0.386. The normalized spacial score (nSPS) is 21.7. The molecule has 0 aliphatic carbocycles. The molecule has 1 saturated heterocycles. The van der Waals surface area contributed by atoms with E-state index in [-0.39, 0.29) is 11.4 Å². The van der Waals surface area contributed by atoms with Gasteiger partial charge in [0.1, 0.15) is 24.2 Å². The number of β-lactam (4-membered cyclic amide) rings is 1. The van der Waals surface area contributed by atoms with Gasteiger partial charge in [-0.25, -0.2) is 4.79 Å². The largest absolute Gasteiger partial charge is 0.477 e. The Labute approximate surface area is 170 Å². The van der Waals surface area contributed by atoms with Crippen LogP contribution in [0.15, 0.2) is 46.8 Å². The molecule has 2 atom stereocenters. The predicted molar refractivity (Wildman–Crippen MR) is 108 cm³/mol. The van der Waals surface area contributed by atoms with Crippen LogP contribution in [-0.2, 0) is 19.2 Å². The minimum absolute atomic E-state index is 0.0300. The number of fused-ring (bicyclic) bond motifs is 1. The third-order valence-electron chi connectivity index (χ3n) is 4.30. The summed E-state index contributed by atoms with van der Waals surface area (Å²) >= 11 is 2.95. The van der Waals surface area contributed by atoms with E-state index in [2.05, 4.69) is 10.5 Å². The summed E-state index contributed by atoms with van der Waals surface area (Å²) < 4.78 is 0. The summed E-state index contributed by atoms with van der Waals surface area (Å²) in [5.74, 6) is -1.07. The fraction of sp³-hybridized carbons (Fsp3) is 0.333. The second-order valence-electron chi connectivity index (χ2n) is 6.04. The van der Waals surface area contributed by atoms with Gasteiger partial charge in [-0.05, 0) is 11.8 Å². The van der Waals surface area contributed by atoms with Gasteiger partial charge in [-0.3, -0.25) is 14.5 Å². The van der Waals surface area contributed by atoms with E-state index in [0.29, 0.717) is 22.6 Å². The standard InChI is InChI=1S/C18H19N3O5S2/c1-26-20-12(10-6-4-3-5-7-10)15(22)19-13-16(23)21-14(18(24)25)11(8-27-2)9-28-17(13)21/h3-7,13,17H,8-9H2,1-2H3,(H,19,22)(H,24,25)/t13-,17-/m1/s1. The van der Waals surface area contributed by atoms with Crippen molar-refractivity contribution in [3.63, 3.8) is 0 Å². The smallest absolute Gasteiger partial charge is 0.352 e. The maximum Gasteiger partial charge on any atom is 0.352 e. The summed E-state index contributed by atoms with van der Waals surface area (Å²) in [4.78, 5) is 43.1. The number of carbonyl (C=O) groups excluding carboxylic acids is 2. The Morgan fingerprint density at radius 1 is 1.39 bits per heavy atom. The van der Waals surface area contributed by atoms with Gasteiger partial charge in [0.05, 0.1) is 0 Å². The second kappa shape index (κ2) is 8.70. The lowest BCUT2D eigenvalue weighted by atomic mass is 10.0. The van der Waals surface area contributed by atoms with Crippen LogP contribution in [0.5, 0.6) is 0 Å². The van der Waals surface area contributed by atoms with Crippen LogP contribution in [0, 0.1) is 0 Å². The van der Waals surface area contributed by atoms with Crippen LogP contribution in [0.1, 0.15) is 5.56 Å². The highest BCUT2D eigenvalue weighted by Crippen LogP contribution is 2.40. The Hall–Kier alpha value is -2.46.